The van der Waals surface area contributed by atoms with Crippen molar-refractivity contribution in [1.29, 1.82) is 0 Å². The number of rotatable bonds is 2. The summed E-state index contributed by atoms with van der Waals surface area (Å²) in [7, 11) is 0. The molecule has 0 saturated carbocycles. The number of carbonyl (C=O) groups excluding carboxylic acids is 1. The van der Waals surface area contributed by atoms with Crippen molar-refractivity contribution in [2.45, 2.75) is 25.0 Å². The number of hydrogen-bond acceptors (Lipinski definition) is 3. The molecule has 5 atom stereocenters. The quantitative estimate of drug-likeness (QED) is 0.801. The SMILES string of the molecule is O=C1[C@@H]2[C@@H]([C@H]3C=C[C@@H]2O3)[C@H](O)N1Cc1ccccc1. The summed E-state index contributed by atoms with van der Waals surface area (Å²) in [6.45, 7) is 0.466. The predicted molar refractivity (Wildman–Crippen MR) is 67.8 cm³/mol. The molecule has 1 aromatic carbocycles. The van der Waals surface area contributed by atoms with Crippen molar-refractivity contribution < 1.29 is 14.6 Å². The molecule has 3 aliphatic rings. The fourth-order valence-electron chi connectivity index (χ4n) is 3.48. The van der Waals surface area contributed by atoms with Gasteiger partial charge in [-0.1, -0.05) is 42.5 Å². The van der Waals surface area contributed by atoms with E-state index in [1.165, 1.54) is 0 Å². The van der Waals surface area contributed by atoms with Crippen LogP contribution in [0.5, 0.6) is 0 Å². The molecule has 19 heavy (non-hydrogen) atoms. The van der Waals surface area contributed by atoms with Crippen LogP contribution in [0.2, 0.25) is 0 Å². The van der Waals surface area contributed by atoms with Crippen molar-refractivity contribution in [3.05, 3.63) is 48.0 Å². The highest BCUT2D eigenvalue weighted by molar-refractivity contribution is 5.83. The molecule has 4 nitrogen and oxygen atoms in total. The first-order valence-corrected chi connectivity index (χ1v) is 6.62. The number of benzene rings is 1. The summed E-state index contributed by atoms with van der Waals surface area (Å²) >= 11 is 0. The van der Waals surface area contributed by atoms with Crippen LogP contribution in [-0.4, -0.2) is 34.3 Å². The highest BCUT2D eigenvalue weighted by Gasteiger charge is 2.60. The zero-order valence-electron chi connectivity index (χ0n) is 10.3. The maximum Gasteiger partial charge on any atom is 0.231 e. The van der Waals surface area contributed by atoms with Crippen LogP contribution in [0.4, 0.5) is 0 Å². The van der Waals surface area contributed by atoms with Gasteiger partial charge in [0, 0.05) is 12.5 Å². The molecule has 4 heteroatoms. The van der Waals surface area contributed by atoms with E-state index in [4.69, 9.17) is 4.74 Å². The van der Waals surface area contributed by atoms with Gasteiger partial charge >= 0.3 is 0 Å². The molecule has 2 fully saturated rings. The standard InChI is InChI=1S/C15H15NO3/c17-14-12-10-6-7-11(19-10)13(12)15(18)16(14)8-9-4-2-1-3-5-9/h1-7,10-14,17H,8H2/t10-,11+,12-,13+,14+/m1/s1. The van der Waals surface area contributed by atoms with Gasteiger partial charge in [-0.25, -0.2) is 0 Å². The van der Waals surface area contributed by atoms with Crippen LogP contribution < -0.4 is 0 Å². The van der Waals surface area contributed by atoms with Crippen LogP contribution in [0.15, 0.2) is 42.5 Å². The molecular formula is C15H15NO3. The van der Waals surface area contributed by atoms with E-state index in [1.54, 1.807) is 4.90 Å². The van der Waals surface area contributed by atoms with Crippen molar-refractivity contribution in [3.63, 3.8) is 0 Å². The van der Waals surface area contributed by atoms with Gasteiger partial charge in [-0.15, -0.1) is 0 Å². The summed E-state index contributed by atoms with van der Waals surface area (Å²) in [6.07, 6.45) is 2.93. The lowest BCUT2D eigenvalue weighted by Gasteiger charge is -2.24. The number of hydrogen-bond donors (Lipinski definition) is 1. The second-order valence-corrected chi connectivity index (χ2v) is 5.42. The number of aliphatic hydroxyl groups is 1. The summed E-state index contributed by atoms with van der Waals surface area (Å²) in [5.41, 5.74) is 1.04. The normalized spacial score (nSPS) is 39.1. The molecule has 0 radical (unpaired) electrons. The third kappa shape index (κ3) is 1.50. The number of ether oxygens (including phenoxy) is 1. The molecule has 3 heterocycles. The van der Waals surface area contributed by atoms with Crippen molar-refractivity contribution in [3.8, 4) is 0 Å². The molecule has 4 rings (SSSR count). The van der Waals surface area contributed by atoms with E-state index in [0.29, 0.717) is 6.54 Å². The third-order valence-electron chi connectivity index (χ3n) is 4.38. The summed E-state index contributed by atoms with van der Waals surface area (Å²) in [6, 6.07) is 9.77. The molecular weight excluding hydrogens is 242 g/mol. The summed E-state index contributed by atoms with van der Waals surface area (Å²) < 4.78 is 5.66. The zero-order valence-corrected chi connectivity index (χ0v) is 10.3. The fourth-order valence-corrected chi connectivity index (χ4v) is 3.48. The van der Waals surface area contributed by atoms with Gasteiger partial charge in [0.1, 0.15) is 6.23 Å². The lowest BCUT2D eigenvalue weighted by atomic mass is 9.85. The molecule has 0 spiro atoms. The Kier molecular flexibility index (Phi) is 2.31. The van der Waals surface area contributed by atoms with Gasteiger partial charge in [0.25, 0.3) is 0 Å². The van der Waals surface area contributed by atoms with E-state index >= 15 is 0 Å². The summed E-state index contributed by atoms with van der Waals surface area (Å²) in [5, 5.41) is 10.4. The number of amides is 1. The Morgan fingerprint density at radius 2 is 1.89 bits per heavy atom. The number of nitrogens with zero attached hydrogens (tertiary/aromatic N) is 1. The molecule has 0 aliphatic carbocycles. The van der Waals surface area contributed by atoms with E-state index in [2.05, 4.69) is 0 Å². The van der Waals surface area contributed by atoms with Crippen LogP contribution in [0.25, 0.3) is 0 Å². The van der Waals surface area contributed by atoms with E-state index in [0.717, 1.165) is 5.56 Å². The zero-order chi connectivity index (χ0) is 13.0. The smallest absolute Gasteiger partial charge is 0.231 e. The number of carbonyl (C=O) groups is 1. The molecule has 3 aliphatic heterocycles. The van der Waals surface area contributed by atoms with Crippen LogP contribution in [0.1, 0.15) is 5.56 Å². The first-order chi connectivity index (χ1) is 9.25. The first kappa shape index (κ1) is 11.2. The minimum absolute atomic E-state index is 0.0122. The Hall–Kier alpha value is -1.65. The largest absolute Gasteiger partial charge is 0.373 e. The van der Waals surface area contributed by atoms with Gasteiger partial charge in [0.15, 0.2) is 0 Å². The fraction of sp³-hybridized carbons (Fsp3) is 0.400. The Labute approximate surface area is 111 Å². The van der Waals surface area contributed by atoms with Crippen molar-refractivity contribution >= 4 is 5.91 Å². The van der Waals surface area contributed by atoms with E-state index in [1.807, 2.05) is 42.5 Å². The van der Waals surface area contributed by atoms with Crippen molar-refractivity contribution in [2.24, 2.45) is 11.8 Å². The van der Waals surface area contributed by atoms with E-state index in [9.17, 15) is 9.90 Å². The first-order valence-electron chi connectivity index (χ1n) is 6.62. The molecule has 0 aromatic heterocycles. The van der Waals surface area contributed by atoms with Crippen LogP contribution >= 0.6 is 0 Å². The van der Waals surface area contributed by atoms with Crippen LogP contribution in [-0.2, 0) is 16.1 Å². The maximum atomic E-state index is 12.4. The van der Waals surface area contributed by atoms with Gasteiger partial charge in [-0.3, -0.25) is 4.79 Å². The highest BCUT2D eigenvalue weighted by Crippen LogP contribution is 2.47. The monoisotopic (exact) mass is 257 g/mol. The van der Waals surface area contributed by atoms with Gasteiger partial charge < -0.3 is 14.7 Å². The Morgan fingerprint density at radius 1 is 1.16 bits per heavy atom. The van der Waals surface area contributed by atoms with Gasteiger partial charge in [0.05, 0.1) is 18.1 Å². The summed E-state index contributed by atoms with van der Waals surface area (Å²) in [5.74, 6) is -0.293. The average Bonchev–Trinajstić information content (AvgIpc) is 3.10. The Balaban J connectivity index is 1.60. The lowest BCUT2D eigenvalue weighted by molar-refractivity contribution is -0.139. The Morgan fingerprint density at radius 3 is 2.63 bits per heavy atom. The lowest BCUT2D eigenvalue weighted by Crippen LogP contribution is -2.37. The topological polar surface area (TPSA) is 49.8 Å². The van der Waals surface area contributed by atoms with Crippen LogP contribution in [0, 0.1) is 11.8 Å². The predicted octanol–water partition coefficient (Wildman–Crippen LogP) is 0.917. The molecule has 1 amide bonds. The van der Waals surface area contributed by atoms with Gasteiger partial charge in [0.2, 0.25) is 5.91 Å². The average molecular weight is 257 g/mol. The maximum absolute atomic E-state index is 12.4. The molecule has 2 saturated heterocycles. The highest BCUT2D eigenvalue weighted by atomic mass is 16.5. The summed E-state index contributed by atoms with van der Waals surface area (Å²) in [4.78, 5) is 14.0. The minimum atomic E-state index is -0.738. The van der Waals surface area contributed by atoms with Crippen LogP contribution in [0.3, 0.4) is 0 Å². The number of fused-ring (bicyclic) bond motifs is 5. The number of likely N-dealkylation sites (tertiary alicyclic amines) is 1. The van der Waals surface area contributed by atoms with E-state index < -0.39 is 6.23 Å². The Bertz CT molecular complexity index is 542. The van der Waals surface area contributed by atoms with Gasteiger partial charge in [-0.2, -0.15) is 0 Å². The molecule has 0 unspecified atom stereocenters. The minimum Gasteiger partial charge on any atom is -0.373 e. The second kappa shape index (κ2) is 3.92. The van der Waals surface area contributed by atoms with Crippen molar-refractivity contribution in [1.82, 2.24) is 4.90 Å². The molecule has 1 N–H and O–H groups in total. The number of aliphatic hydroxyl groups excluding tert-OH is 1. The molecule has 1 aromatic rings. The van der Waals surface area contributed by atoms with Crippen molar-refractivity contribution in [2.75, 3.05) is 0 Å². The van der Waals surface area contributed by atoms with Gasteiger partial charge in [-0.05, 0) is 5.56 Å². The van der Waals surface area contributed by atoms with E-state index in [-0.39, 0.29) is 30.0 Å². The molecule has 2 bridgehead atoms. The molecule has 98 valence electrons. The second-order valence-electron chi connectivity index (χ2n) is 5.42. The third-order valence-corrected chi connectivity index (χ3v) is 4.38.